The van der Waals surface area contributed by atoms with E-state index in [0.29, 0.717) is 17.4 Å². The highest BCUT2D eigenvalue weighted by molar-refractivity contribution is 7.92. The van der Waals surface area contributed by atoms with E-state index in [-0.39, 0.29) is 11.1 Å². The van der Waals surface area contributed by atoms with Crippen molar-refractivity contribution in [3.8, 4) is 10.4 Å². The molecule has 1 aromatic carbocycles. The largest absolute Gasteiger partial charge is 0.323 e. The van der Waals surface area contributed by atoms with Crippen molar-refractivity contribution in [2.75, 3.05) is 16.2 Å². The number of aryl methyl sites for hydroxylation is 3. The number of benzene rings is 1. The molecule has 0 unspecified atom stereocenters. The van der Waals surface area contributed by atoms with Crippen LogP contribution in [0.5, 0.6) is 0 Å². The predicted molar refractivity (Wildman–Crippen MR) is 113 cm³/mol. The smallest absolute Gasteiger partial charge is 0.298 e. The first-order chi connectivity index (χ1) is 13.8. The maximum absolute atomic E-state index is 13.1. The van der Waals surface area contributed by atoms with E-state index in [1.807, 2.05) is 25.1 Å². The highest BCUT2D eigenvalue weighted by Gasteiger charge is 2.32. The van der Waals surface area contributed by atoms with Crippen molar-refractivity contribution in [3.05, 3.63) is 41.9 Å². The SMILES string of the molecule is CC(=O)Nc1nc(C)c(-c2ccc3c(c2)CCCN3S(=O)(=O)c2nccn2C)s1. The Hall–Kier alpha value is -2.72. The molecular weight excluding hydrogens is 410 g/mol. The van der Waals surface area contributed by atoms with Gasteiger partial charge in [0.15, 0.2) is 5.13 Å². The summed E-state index contributed by atoms with van der Waals surface area (Å²) >= 11 is 1.41. The van der Waals surface area contributed by atoms with E-state index in [9.17, 15) is 13.2 Å². The molecule has 10 heteroatoms. The van der Waals surface area contributed by atoms with Crippen molar-refractivity contribution >= 4 is 38.1 Å². The normalized spacial score (nSPS) is 14.0. The van der Waals surface area contributed by atoms with Crippen LogP contribution in [0.25, 0.3) is 10.4 Å². The average molecular weight is 432 g/mol. The molecule has 1 aliphatic rings. The molecule has 1 amide bonds. The third-order valence-electron chi connectivity index (χ3n) is 4.80. The molecule has 29 heavy (non-hydrogen) atoms. The summed E-state index contributed by atoms with van der Waals surface area (Å²) in [5.41, 5.74) is 3.45. The Morgan fingerprint density at radius 2 is 2.10 bits per heavy atom. The van der Waals surface area contributed by atoms with E-state index in [1.165, 1.54) is 33.3 Å². The summed E-state index contributed by atoms with van der Waals surface area (Å²) in [7, 11) is -2.06. The Bertz CT molecular complexity index is 1200. The third kappa shape index (κ3) is 3.53. The van der Waals surface area contributed by atoms with Gasteiger partial charge in [0.25, 0.3) is 10.0 Å². The molecule has 3 aromatic rings. The van der Waals surface area contributed by atoms with Crippen LogP contribution in [0.1, 0.15) is 24.6 Å². The van der Waals surface area contributed by atoms with E-state index in [0.717, 1.165) is 34.5 Å². The summed E-state index contributed by atoms with van der Waals surface area (Å²) in [6.07, 6.45) is 4.64. The van der Waals surface area contributed by atoms with E-state index >= 15 is 0 Å². The number of hydrogen-bond acceptors (Lipinski definition) is 6. The van der Waals surface area contributed by atoms with E-state index in [2.05, 4.69) is 15.3 Å². The molecule has 0 saturated heterocycles. The van der Waals surface area contributed by atoms with E-state index in [1.54, 1.807) is 13.2 Å². The monoisotopic (exact) mass is 431 g/mol. The van der Waals surface area contributed by atoms with Gasteiger partial charge >= 0.3 is 0 Å². The Balaban J connectivity index is 1.72. The van der Waals surface area contributed by atoms with Crippen molar-refractivity contribution in [1.29, 1.82) is 0 Å². The molecule has 0 aliphatic carbocycles. The number of thiazole rings is 1. The van der Waals surface area contributed by atoms with Crippen molar-refractivity contribution in [3.63, 3.8) is 0 Å². The van der Waals surface area contributed by atoms with Crippen LogP contribution in [-0.4, -0.2) is 35.4 Å². The topological polar surface area (TPSA) is 97.2 Å². The molecule has 3 heterocycles. The van der Waals surface area contributed by atoms with Crippen LogP contribution in [0.15, 0.2) is 35.7 Å². The Morgan fingerprint density at radius 3 is 2.79 bits per heavy atom. The fourth-order valence-electron chi connectivity index (χ4n) is 3.52. The first-order valence-electron chi connectivity index (χ1n) is 9.16. The van der Waals surface area contributed by atoms with Crippen LogP contribution in [0.2, 0.25) is 0 Å². The average Bonchev–Trinajstić information content (AvgIpc) is 3.26. The van der Waals surface area contributed by atoms with Crippen LogP contribution in [0.3, 0.4) is 0 Å². The second-order valence-electron chi connectivity index (χ2n) is 6.96. The van der Waals surface area contributed by atoms with Crippen LogP contribution in [0, 0.1) is 6.92 Å². The zero-order valence-electron chi connectivity index (χ0n) is 16.3. The van der Waals surface area contributed by atoms with E-state index < -0.39 is 10.0 Å². The number of carbonyl (C=O) groups is 1. The molecule has 0 atom stereocenters. The number of imidazole rings is 1. The molecule has 4 rings (SSSR count). The molecule has 0 bridgehead atoms. The maximum atomic E-state index is 13.1. The Morgan fingerprint density at radius 1 is 1.31 bits per heavy atom. The minimum Gasteiger partial charge on any atom is -0.323 e. The van der Waals surface area contributed by atoms with Crippen LogP contribution in [0.4, 0.5) is 10.8 Å². The number of nitrogens with zero attached hydrogens (tertiary/aromatic N) is 4. The number of sulfonamides is 1. The predicted octanol–water partition coefficient (Wildman–Crippen LogP) is 2.95. The lowest BCUT2D eigenvalue weighted by atomic mass is 10.00. The number of hydrogen-bond donors (Lipinski definition) is 1. The number of amides is 1. The van der Waals surface area contributed by atoms with Gasteiger partial charge in [-0.1, -0.05) is 17.4 Å². The van der Waals surface area contributed by atoms with Gasteiger partial charge in [0, 0.05) is 32.9 Å². The lowest BCUT2D eigenvalue weighted by molar-refractivity contribution is -0.114. The van der Waals surface area contributed by atoms with Gasteiger partial charge in [0.1, 0.15) is 0 Å². The number of anilines is 2. The molecular formula is C19H21N5O3S2. The van der Waals surface area contributed by atoms with Gasteiger partial charge in [0.05, 0.1) is 16.3 Å². The molecule has 2 aromatic heterocycles. The first kappa shape index (κ1) is 19.6. The lowest BCUT2D eigenvalue weighted by Gasteiger charge is -2.30. The molecule has 1 N–H and O–H groups in total. The molecule has 0 spiro atoms. The first-order valence-corrected chi connectivity index (χ1v) is 11.4. The van der Waals surface area contributed by atoms with Gasteiger partial charge in [-0.2, -0.15) is 8.42 Å². The summed E-state index contributed by atoms with van der Waals surface area (Å²) in [6, 6.07) is 5.78. The van der Waals surface area contributed by atoms with Crippen LogP contribution in [-0.2, 0) is 28.3 Å². The quantitative estimate of drug-likeness (QED) is 0.685. The minimum absolute atomic E-state index is 0.0349. The van der Waals surface area contributed by atoms with Crippen molar-refractivity contribution < 1.29 is 13.2 Å². The van der Waals surface area contributed by atoms with Gasteiger partial charge in [-0.3, -0.25) is 9.10 Å². The lowest BCUT2D eigenvalue weighted by Crippen LogP contribution is -2.36. The van der Waals surface area contributed by atoms with Crippen LogP contribution >= 0.6 is 11.3 Å². The van der Waals surface area contributed by atoms with Crippen molar-refractivity contribution in [1.82, 2.24) is 14.5 Å². The number of rotatable bonds is 4. The minimum atomic E-state index is -3.73. The van der Waals surface area contributed by atoms with Crippen molar-refractivity contribution in [2.24, 2.45) is 7.05 Å². The molecule has 0 fully saturated rings. The molecule has 0 radical (unpaired) electrons. The molecule has 0 saturated carbocycles. The maximum Gasteiger partial charge on any atom is 0.298 e. The number of aromatic nitrogens is 3. The standard InChI is InChI=1S/C19H21N5O3S2/c1-12-17(28-18(21-12)22-13(2)25)15-6-7-16-14(11-15)5-4-9-24(16)29(26,27)19-20-8-10-23(19)3/h6-8,10-11H,4-5,9H2,1-3H3,(H,21,22,25). The second kappa shape index (κ2) is 7.27. The van der Waals surface area contributed by atoms with Crippen LogP contribution < -0.4 is 9.62 Å². The summed E-state index contributed by atoms with van der Waals surface area (Å²) in [6.45, 7) is 3.77. The number of fused-ring (bicyclic) bond motifs is 1. The van der Waals surface area contributed by atoms with E-state index in [4.69, 9.17) is 0 Å². The molecule has 1 aliphatic heterocycles. The molecule has 152 valence electrons. The van der Waals surface area contributed by atoms with Gasteiger partial charge in [-0.05, 0) is 43.0 Å². The van der Waals surface area contributed by atoms with Gasteiger partial charge < -0.3 is 9.88 Å². The fourth-order valence-corrected chi connectivity index (χ4v) is 6.15. The Labute approximate surface area is 173 Å². The van der Waals surface area contributed by atoms with Gasteiger partial charge in [0.2, 0.25) is 11.1 Å². The van der Waals surface area contributed by atoms with Crippen molar-refractivity contribution in [2.45, 2.75) is 31.8 Å². The highest BCUT2D eigenvalue weighted by atomic mass is 32.2. The number of nitrogens with one attached hydrogen (secondary N) is 1. The summed E-state index contributed by atoms with van der Waals surface area (Å²) in [4.78, 5) is 20.7. The summed E-state index contributed by atoms with van der Waals surface area (Å²) < 4.78 is 29.2. The third-order valence-corrected chi connectivity index (χ3v) is 7.73. The molecule has 8 nitrogen and oxygen atoms in total. The zero-order valence-corrected chi connectivity index (χ0v) is 18.0. The Kier molecular flexibility index (Phi) is 4.91. The fraction of sp³-hybridized carbons (Fsp3) is 0.316. The number of carbonyl (C=O) groups excluding carboxylic acids is 1. The second-order valence-corrected chi connectivity index (χ2v) is 9.71. The van der Waals surface area contributed by atoms with Gasteiger partial charge in [-0.25, -0.2) is 9.97 Å². The highest BCUT2D eigenvalue weighted by Crippen LogP contribution is 2.38. The van der Waals surface area contributed by atoms with Gasteiger partial charge in [-0.15, -0.1) is 0 Å². The summed E-state index contributed by atoms with van der Waals surface area (Å²) in [5, 5.41) is 3.31. The summed E-state index contributed by atoms with van der Waals surface area (Å²) in [5.74, 6) is -0.161. The zero-order chi connectivity index (χ0) is 20.8.